The first-order valence-electron chi connectivity index (χ1n) is 13.1. The van der Waals surface area contributed by atoms with Crippen molar-refractivity contribution < 1.29 is 14.6 Å². The standard InChI is InChI=1S/C32H28N4O3/c1-2-3-12-30-33-27-18-17-23(31-34-25-9-5-6-10-26(25)35-31)19-28(27)36(30)20-21-13-15-22(16-14-21)24-8-4-7-11-29(24)39-32(37)38/h4-11,13-19H,2-3,12,20H2,1H3,(H,34,35)(H,37,38). The molecular formula is C32H28N4O3. The Bertz CT molecular complexity index is 1750. The van der Waals surface area contributed by atoms with Crippen molar-refractivity contribution in [2.45, 2.75) is 32.7 Å². The Morgan fingerprint density at radius 2 is 1.67 bits per heavy atom. The summed E-state index contributed by atoms with van der Waals surface area (Å²) >= 11 is 0. The van der Waals surface area contributed by atoms with Crippen LogP contribution in [0.2, 0.25) is 0 Å². The van der Waals surface area contributed by atoms with Gasteiger partial charge in [-0.1, -0.05) is 67.9 Å². The first-order valence-corrected chi connectivity index (χ1v) is 13.1. The highest BCUT2D eigenvalue weighted by Gasteiger charge is 2.15. The summed E-state index contributed by atoms with van der Waals surface area (Å²) in [5, 5.41) is 9.09. The lowest BCUT2D eigenvalue weighted by molar-refractivity contribution is 0.144. The maximum absolute atomic E-state index is 11.1. The molecule has 7 nitrogen and oxygen atoms in total. The molecule has 7 heteroatoms. The number of para-hydroxylation sites is 3. The number of hydrogen-bond donors (Lipinski definition) is 2. The van der Waals surface area contributed by atoms with E-state index in [0.29, 0.717) is 12.3 Å². The Morgan fingerprint density at radius 3 is 2.46 bits per heavy atom. The molecule has 0 atom stereocenters. The van der Waals surface area contributed by atoms with Crippen LogP contribution in [0.3, 0.4) is 0 Å². The molecule has 0 saturated heterocycles. The highest BCUT2D eigenvalue weighted by atomic mass is 16.7. The molecule has 0 bridgehead atoms. The molecule has 194 valence electrons. The minimum absolute atomic E-state index is 0.318. The predicted octanol–water partition coefficient (Wildman–Crippen LogP) is 7.69. The molecule has 0 fully saturated rings. The van der Waals surface area contributed by atoms with Crippen molar-refractivity contribution in [1.29, 1.82) is 0 Å². The number of ether oxygens (including phenoxy) is 1. The van der Waals surface area contributed by atoms with Gasteiger partial charge in [0.2, 0.25) is 0 Å². The van der Waals surface area contributed by atoms with Gasteiger partial charge in [-0.05, 0) is 53.9 Å². The highest BCUT2D eigenvalue weighted by Crippen LogP contribution is 2.31. The van der Waals surface area contributed by atoms with E-state index >= 15 is 0 Å². The van der Waals surface area contributed by atoms with Gasteiger partial charge in [-0.15, -0.1) is 0 Å². The Hall–Kier alpha value is -4.91. The molecule has 4 aromatic carbocycles. The molecule has 2 aromatic heterocycles. The average Bonchev–Trinajstić information content (AvgIpc) is 3.53. The quantitative estimate of drug-likeness (QED) is 0.160. The number of nitrogens with one attached hydrogen (secondary N) is 1. The molecule has 0 aliphatic rings. The van der Waals surface area contributed by atoms with E-state index in [4.69, 9.17) is 19.8 Å². The number of carboxylic acid groups (broad SMARTS) is 1. The number of aryl methyl sites for hydroxylation is 1. The fourth-order valence-corrected chi connectivity index (χ4v) is 4.97. The van der Waals surface area contributed by atoms with Crippen LogP contribution in [0.15, 0.2) is 91.0 Å². The van der Waals surface area contributed by atoms with Crippen LogP contribution in [-0.4, -0.2) is 30.8 Å². The SMILES string of the molecule is CCCCc1nc2ccc(-c3nc4ccccc4[nH]3)cc2n1Cc1ccc(-c2ccccc2OC(=O)O)cc1. The number of unbranched alkanes of at least 4 members (excludes halogenated alkanes) is 1. The largest absolute Gasteiger partial charge is 0.511 e. The van der Waals surface area contributed by atoms with Gasteiger partial charge < -0.3 is 19.4 Å². The van der Waals surface area contributed by atoms with Gasteiger partial charge in [0.1, 0.15) is 17.4 Å². The van der Waals surface area contributed by atoms with E-state index in [9.17, 15) is 4.79 Å². The van der Waals surface area contributed by atoms with Crippen LogP contribution in [0.1, 0.15) is 31.2 Å². The molecule has 0 amide bonds. The Morgan fingerprint density at radius 1 is 0.897 bits per heavy atom. The zero-order valence-electron chi connectivity index (χ0n) is 21.6. The molecule has 6 aromatic rings. The van der Waals surface area contributed by atoms with E-state index in [1.807, 2.05) is 48.5 Å². The zero-order valence-corrected chi connectivity index (χ0v) is 21.6. The maximum atomic E-state index is 11.1. The Balaban J connectivity index is 1.35. The number of aromatic nitrogens is 4. The van der Waals surface area contributed by atoms with E-state index in [1.54, 1.807) is 12.1 Å². The maximum Gasteiger partial charge on any atom is 0.511 e. The molecule has 0 saturated carbocycles. The summed E-state index contributed by atoms with van der Waals surface area (Å²) in [6.45, 7) is 2.87. The smallest absolute Gasteiger partial charge is 0.449 e. The van der Waals surface area contributed by atoms with Gasteiger partial charge in [0.25, 0.3) is 0 Å². The summed E-state index contributed by atoms with van der Waals surface area (Å²) < 4.78 is 7.28. The molecule has 2 heterocycles. The van der Waals surface area contributed by atoms with Crippen molar-refractivity contribution in [3.05, 3.63) is 102 Å². The number of H-pyrrole nitrogens is 1. The molecule has 0 aliphatic carbocycles. The lowest BCUT2D eigenvalue weighted by atomic mass is 10.0. The van der Waals surface area contributed by atoms with Gasteiger partial charge in [0.05, 0.1) is 22.1 Å². The van der Waals surface area contributed by atoms with Crippen molar-refractivity contribution in [1.82, 2.24) is 19.5 Å². The van der Waals surface area contributed by atoms with Crippen molar-refractivity contribution in [2.24, 2.45) is 0 Å². The normalized spacial score (nSPS) is 11.3. The van der Waals surface area contributed by atoms with Crippen LogP contribution in [0.25, 0.3) is 44.6 Å². The van der Waals surface area contributed by atoms with Gasteiger partial charge in [-0.2, -0.15) is 0 Å². The molecule has 0 unspecified atom stereocenters. The van der Waals surface area contributed by atoms with Crippen LogP contribution in [0.5, 0.6) is 5.75 Å². The molecule has 0 spiro atoms. The lowest BCUT2D eigenvalue weighted by Crippen LogP contribution is -2.06. The van der Waals surface area contributed by atoms with Crippen molar-refractivity contribution in [2.75, 3.05) is 0 Å². The van der Waals surface area contributed by atoms with Crippen LogP contribution < -0.4 is 4.74 Å². The predicted molar refractivity (Wildman–Crippen MR) is 153 cm³/mol. The first kappa shape index (κ1) is 24.4. The summed E-state index contributed by atoms with van der Waals surface area (Å²) in [6, 6.07) is 29.7. The minimum atomic E-state index is -1.33. The number of imidazole rings is 2. The van der Waals surface area contributed by atoms with E-state index in [0.717, 1.165) is 75.2 Å². The summed E-state index contributed by atoms with van der Waals surface area (Å²) in [7, 11) is 0. The number of fused-ring (bicyclic) bond motifs is 2. The molecule has 0 aliphatic heterocycles. The first-order chi connectivity index (χ1) is 19.1. The second-order valence-electron chi connectivity index (χ2n) is 9.58. The zero-order chi connectivity index (χ0) is 26.8. The third-order valence-corrected chi connectivity index (χ3v) is 6.93. The van der Waals surface area contributed by atoms with Crippen molar-refractivity contribution >= 4 is 28.2 Å². The molecule has 6 rings (SSSR count). The van der Waals surface area contributed by atoms with Crippen LogP contribution >= 0.6 is 0 Å². The van der Waals surface area contributed by atoms with Crippen LogP contribution in [-0.2, 0) is 13.0 Å². The lowest BCUT2D eigenvalue weighted by Gasteiger charge is -2.12. The topological polar surface area (TPSA) is 93.0 Å². The molecular weight excluding hydrogens is 488 g/mol. The van der Waals surface area contributed by atoms with Gasteiger partial charge in [-0.3, -0.25) is 0 Å². The highest BCUT2D eigenvalue weighted by molar-refractivity contribution is 5.84. The summed E-state index contributed by atoms with van der Waals surface area (Å²) in [5.41, 5.74) is 7.78. The second-order valence-corrected chi connectivity index (χ2v) is 9.58. The van der Waals surface area contributed by atoms with E-state index in [2.05, 4.69) is 46.8 Å². The third kappa shape index (κ3) is 4.99. The summed E-state index contributed by atoms with van der Waals surface area (Å²) in [6.07, 6.45) is 1.75. The Labute approximate surface area is 225 Å². The van der Waals surface area contributed by atoms with Gasteiger partial charge in [-0.25, -0.2) is 14.8 Å². The fourth-order valence-electron chi connectivity index (χ4n) is 4.97. The van der Waals surface area contributed by atoms with E-state index in [-0.39, 0.29) is 0 Å². The third-order valence-electron chi connectivity index (χ3n) is 6.93. The Kier molecular flexibility index (Phi) is 6.55. The minimum Gasteiger partial charge on any atom is -0.449 e. The fraction of sp³-hybridized carbons (Fsp3) is 0.156. The number of rotatable bonds is 8. The van der Waals surface area contributed by atoms with E-state index < -0.39 is 6.16 Å². The van der Waals surface area contributed by atoms with Crippen molar-refractivity contribution in [3.8, 4) is 28.3 Å². The number of hydrogen-bond acceptors (Lipinski definition) is 4. The average molecular weight is 517 g/mol. The number of carbonyl (C=O) groups is 1. The van der Waals surface area contributed by atoms with Crippen molar-refractivity contribution in [3.63, 3.8) is 0 Å². The van der Waals surface area contributed by atoms with Crippen LogP contribution in [0, 0.1) is 0 Å². The number of aromatic amines is 1. The van der Waals surface area contributed by atoms with E-state index in [1.165, 1.54) is 0 Å². The molecule has 0 radical (unpaired) electrons. The number of benzene rings is 4. The summed E-state index contributed by atoms with van der Waals surface area (Å²) in [5.74, 6) is 2.23. The van der Waals surface area contributed by atoms with Gasteiger partial charge >= 0.3 is 6.16 Å². The van der Waals surface area contributed by atoms with Crippen LogP contribution in [0.4, 0.5) is 4.79 Å². The monoisotopic (exact) mass is 516 g/mol. The molecule has 2 N–H and O–H groups in total. The molecule has 39 heavy (non-hydrogen) atoms. The van der Waals surface area contributed by atoms with Gasteiger partial charge in [0.15, 0.2) is 0 Å². The number of nitrogens with zero attached hydrogens (tertiary/aromatic N) is 3. The second kappa shape index (κ2) is 10.5. The summed E-state index contributed by atoms with van der Waals surface area (Å²) in [4.78, 5) is 24.3. The van der Waals surface area contributed by atoms with Gasteiger partial charge in [0, 0.05) is 24.1 Å².